The van der Waals surface area contributed by atoms with Crippen LogP contribution in [0.3, 0.4) is 0 Å². The van der Waals surface area contributed by atoms with Crippen molar-refractivity contribution in [3.05, 3.63) is 28.2 Å². The zero-order valence-corrected chi connectivity index (χ0v) is 12.4. The molecule has 0 aromatic carbocycles. The Morgan fingerprint density at radius 1 is 1.50 bits per heavy atom. The molecule has 0 aliphatic rings. The summed E-state index contributed by atoms with van der Waals surface area (Å²) in [4.78, 5) is 16.3. The van der Waals surface area contributed by atoms with E-state index in [2.05, 4.69) is 30.7 Å². The zero-order valence-electron chi connectivity index (χ0n) is 11.6. The van der Waals surface area contributed by atoms with Gasteiger partial charge in [0.2, 0.25) is 5.91 Å². The first kappa shape index (κ1) is 14.9. The lowest BCUT2D eigenvalue weighted by Crippen LogP contribution is -2.28. The van der Waals surface area contributed by atoms with Gasteiger partial charge in [0.25, 0.3) is 0 Å². The summed E-state index contributed by atoms with van der Waals surface area (Å²) in [6, 6.07) is 0. The van der Waals surface area contributed by atoms with Crippen molar-refractivity contribution in [2.75, 3.05) is 0 Å². The van der Waals surface area contributed by atoms with Crippen LogP contribution in [0.25, 0.3) is 0 Å². The molecular weight excluding hydrogens is 244 g/mol. The van der Waals surface area contributed by atoms with E-state index in [4.69, 9.17) is 0 Å². The van der Waals surface area contributed by atoms with Crippen molar-refractivity contribution < 1.29 is 4.79 Å². The first-order chi connectivity index (χ1) is 8.40. The molecular formula is C14H22N2OS. The Hall–Kier alpha value is -1.16. The van der Waals surface area contributed by atoms with E-state index < -0.39 is 0 Å². The normalized spacial score (nSPS) is 12.5. The predicted molar refractivity (Wildman–Crippen MR) is 76.6 cm³/mol. The van der Waals surface area contributed by atoms with Gasteiger partial charge in [0, 0.05) is 17.2 Å². The van der Waals surface area contributed by atoms with Gasteiger partial charge in [-0.1, -0.05) is 26.3 Å². The smallest absolute Gasteiger partial charge is 0.223 e. The molecule has 0 saturated carbocycles. The van der Waals surface area contributed by atoms with Gasteiger partial charge in [0.05, 0.1) is 17.2 Å². The van der Waals surface area contributed by atoms with Crippen LogP contribution in [0.15, 0.2) is 17.5 Å². The number of hydrogen-bond donors (Lipinski definition) is 1. The highest BCUT2D eigenvalue weighted by atomic mass is 32.1. The lowest BCUT2D eigenvalue weighted by Gasteiger charge is -2.11. The van der Waals surface area contributed by atoms with E-state index in [-0.39, 0.29) is 11.8 Å². The molecule has 0 aliphatic carbocycles. The molecule has 1 amide bonds. The maximum Gasteiger partial charge on any atom is 0.223 e. The largest absolute Gasteiger partial charge is 0.350 e. The van der Waals surface area contributed by atoms with Crippen LogP contribution in [0.4, 0.5) is 0 Å². The minimum Gasteiger partial charge on any atom is -0.350 e. The van der Waals surface area contributed by atoms with E-state index in [9.17, 15) is 4.79 Å². The van der Waals surface area contributed by atoms with Crippen molar-refractivity contribution in [2.24, 2.45) is 5.92 Å². The zero-order chi connectivity index (χ0) is 13.7. The van der Waals surface area contributed by atoms with Crippen molar-refractivity contribution in [2.45, 2.75) is 46.6 Å². The molecule has 0 bridgehead atoms. The summed E-state index contributed by atoms with van der Waals surface area (Å²) in [5.41, 5.74) is 1.98. The Morgan fingerprint density at radius 3 is 2.67 bits per heavy atom. The van der Waals surface area contributed by atoms with Gasteiger partial charge in [-0.15, -0.1) is 17.9 Å². The van der Waals surface area contributed by atoms with Crippen LogP contribution in [0.2, 0.25) is 0 Å². The van der Waals surface area contributed by atoms with Crippen LogP contribution < -0.4 is 5.32 Å². The monoisotopic (exact) mass is 266 g/mol. The molecule has 0 radical (unpaired) electrons. The van der Waals surface area contributed by atoms with Gasteiger partial charge in [-0.3, -0.25) is 4.79 Å². The average molecular weight is 266 g/mol. The molecule has 0 spiro atoms. The number of nitrogens with one attached hydrogen (secondary N) is 1. The summed E-state index contributed by atoms with van der Waals surface area (Å²) in [5, 5.41) is 6.05. The van der Waals surface area contributed by atoms with Crippen LogP contribution in [0.1, 0.15) is 50.7 Å². The Labute approximate surface area is 113 Å². The van der Waals surface area contributed by atoms with Crippen molar-refractivity contribution in [3.8, 4) is 0 Å². The summed E-state index contributed by atoms with van der Waals surface area (Å²) < 4.78 is 0. The fourth-order valence-corrected chi connectivity index (χ4v) is 2.47. The number of nitrogens with zero attached hydrogens (tertiary/aromatic N) is 1. The molecule has 1 rings (SSSR count). The second-order valence-corrected chi connectivity index (χ2v) is 6.00. The molecule has 0 saturated heterocycles. The van der Waals surface area contributed by atoms with Gasteiger partial charge in [-0.2, -0.15) is 0 Å². The standard InChI is InChI=1S/C14H22N2OS/c1-9(2)6-11(5)13(17)15-7-12-8-18-14(16-12)10(3)4/h8,10-11H,1,6-7H2,2-5H3,(H,15,17). The van der Waals surface area contributed by atoms with Crippen LogP contribution in [0, 0.1) is 5.92 Å². The van der Waals surface area contributed by atoms with Gasteiger partial charge in [-0.25, -0.2) is 4.98 Å². The molecule has 100 valence electrons. The molecule has 0 fully saturated rings. The SMILES string of the molecule is C=C(C)CC(C)C(=O)NCc1csc(C(C)C)n1. The third-order valence-electron chi connectivity index (χ3n) is 2.61. The summed E-state index contributed by atoms with van der Waals surface area (Å²) in [6.07, 6.45) is 0.736. The number of aromatic nitrogens is 1. The average Bonchev–Trinajstić information content (AvgIpc) is 2.73. The highest BCUT2D eigenvalue weighted by Gasteiger charge is 2.13. The summed E-state index contributed by atoms with van der Waals surface area (Å²) in [6.45, 7) is 12.5. The third kappa shape index (κ3) is 4.61. The highest BCUT2D eigenvalue weighted by molar-refractivity contribution is 7.09. The summed E-state index contributed by atoms with van der Waals surface area (Å²) in [5.74, 6) is 0.490. The molecule has 1 heterocycles. The number of hydrogen-bond acceptors (Lipinski definition) is 3. The van der Waals surface area contributed by atoms with E-state index in [1.807, 2.05) is 19.2 Å². The van der Waals surface area contributed by atoms with Gasteiger partial charge in [-0.05, 0) is 13.3 Å². The van der Waals surface area contributed by atoms with E-state index in [0.29, 0.717) is 12.5 Å². The van der Waals surface area contributed by atoms with Crippen molar-refractivity contribution in [1.82, 2.24) is 10.3 Å². The molecule has 18 heavy (non-hydrogen) atoms. The number of carbonyl (C=O) groups is 1. The van der Waals surface area contributed by atoms with Crippen LogP contribution >= 0.6 is 11.3 Å². The van der Waals surface area contributed by atoms with Crippen LogP contribution in [0.5, 0.6) is 0 Å². The minimum atomic E-state index is -0.0225. The number of rotatable bonds is 6. The minimum absolute atomic E-state index is 0.0225. The Kier molecular flexibility index (Phi) is 5.54. The molecule has 0 aliphatic heterocycles. The molecule has 1 aromatic rings. The fourth-order valence-electron chi connectivity index (χ4n) is 1.64. The lowest BCUT2D eigenvalue weighted by molar-refractivity contribution is -0.124. The van der Waals surface area contributed by atoms with E-state index in [1.165, 1.54) is 0 Å². The van der Waals surface area contributed by atoms with Crippen LogP contribution in [-0.2, 0) is 11.3 Å². The van der Waals surface area contributed by atoms with Crippen molar-refractivity contribution in [1.29, 1.82) is 0 Å². The van der Waals surface area contributed by atoms with Crippen molar-refractivity contribution in [3.63, 3.8) is 0 Å². The third-order valence-corrected chi connectivity index (χ3v) is 3.80. The first-order valence-electron chi connectivity index (χ1n) is 6.26. The maximum absolute atomic E-state index is 11.8. The molecule has 1 N–H and O–H groups in total. The number of allylic oxidation sites excluding steroid dienone is 1. The lowest BCUT2D eigenvalue weighted by atomic mass is 10.0. The van der Waals surface area contributed by atoms with Gasteiger partial charge in [0.15, 0.2) is 0 Å². The summed E-state index contributed by atoms with van der Waals surface area (Å²) in [7, 11) is 0. The predicted octanol–water partition coefficient (Wildman–Crippen LogP) is 3.49. The molecule has 4 heteroatoms. The molecule has 1 unspecified atom stereocenters. The van der Waals surface area contributed by atoms with Gasteiger partial charge >= 0.3 is 0 Å². The van der Waals surface area contributed by atoms with E-state index in [1.54, 1.807) is 11.3 Å². The first-order valence-corrected chi connectivity index (χ1v) is 7.14. The fraction of sp³-hybridized carbons (Fsp3) is 0.571. The number of amides is 1. The van der Waals surface area contributed by atoms with Gasteiger partial charge < -0.3 is 5.32 Å². The van der Waals surface area contributed by atoms with Crippen molar-refractivity contribution >= 4 is 17.2 Å². The maximum atomic E-state index is 11.8. The second kappa shape index (κ2) is 6.69. The highest BCUT2D eigenvalue weighted by Crippen LogP contribution is 2.19. The molecule has 3 nitrogen and oxygen atoms in total. The quantitative estimate of drug-likeness (QED) is 0.801. The molecule has 1 atom stereocenters. The summed E-state index contributed by atoms with van der Waals surface area (Å²) >= 11 is 1.65. The number of thiazole rings is 1. The topological polar surface area (TPSA) is 42.0 Å². The Balaban J connectivity index is 2.44. The Bertz CT molecular complexity index is 423. The van der Waals surface area contributed by atoms with Crippen LogP contribution in [-0.4, -0.2) is 10.9 Å². The number of carbonyl (C=O) groups excluding carboxylic acids is 1. The molecule has 1 aromatic heterocycles. The van der Waals surface area contributed by atoms with E-state index >= 15 is 0 Å². The van der Waals surface area contributed by atoms with E-state index in [0.717, 1.165) is 22.7 Å². The second-order valence-electron chi connectivity index (χ2n) is 5.11. The van der Waals surface area contributed by atoms with Gasteiger partial charge in [0.1, 0.15) is 0 Å². The Morgan fingerprint density at radius 2 is 2.17 bits per heavy atom.